The van der Waals surface area contributed by atoms with Crippen LogP contribution in [0.15, 0.2) is 24.3 Å². The van der Waals surface area contributed by atoms with Crippen molar-refractivity contribution in [2.24, 2.45) is 0 Å². The summed E-state index contributed by atoms with van der Waals surface area (Å²) in [5, 5.41) is 2.42. The van der Waals surface area contributed by atoms with E-state index < -0.39 is 11.7 Å². The van der Waals surface area contributed by atoms with Gasteiger partial charge in [0.15, 0.2) is 0 Å². The van der Waals surface area contributed by atoms with E-state index in [2.05, 4.69) is 5.32 Å². The first-order chi connectivity index (χ1) is 7.43. The number of alkyl halides is 3. The van der Waals surface area contributed by atoms with Crippen molar-refractivity contribution >= 4 is 5.91 Å². The monoisotopic (exact) mass is 231 g/mol. The molecule has 0 saturated carbocycles. The van der Waals surface area contributed by atoms with Gasteiger partial charge in [0.1, 0.15) is 0 Å². The fourth-order valence-electron chi connectivity index (χ4n) is 1.29. The Labute approximate surface area is 91.5 Å². The van der Waals surface area contributed by atoms with Gasteiger partial charge < -0.3 is 5.32 Å². The van der Waals surface area contributed by atoms with Gasteiger partial charge in [-0.05, 0) is 18.1 Å². The van der Waals surface area contributed by atoms with E-state index >= 15 is 0 Å². The lowest BCUT2D eigenvalue weighted by atomic mass is 10.1. The van der Waals surface area contributed by atoms with E-state index in [-0.39, 0.29) is 12.3 Å². The summed E-state index contributed by atoms with van der Waals surface area (Å²) in [5.74, 6) is -0.183. The maximum Gasteiger partial charge on any atom is 0.416 e. The van der Waals surface area contributed by atoms with Gasteiger partial charge >= 0.3 is 6.18 Å². The van der Waals surface area contributed by atoms with Gasteiger partial charge in [-0.2, -0.15) is 13.2 Å². The van der Waals surface area contributed by atoms with Crippen LogP contribution < -0.4 is 5.32 Å². The number of rotatable bonds is 3. The van der Waals surface area contributed by atoms with E-state index in [1.807, 2.05) is 0 Å². The summed E-state index contributed by atoms with van der Waals surface area (Å²) >= 11 is 0. The highest BCUT2D eigenvalue weighted by Gasteiger charge is 2.30. The maximum atomic E-state index is 12.4. The summed E-state index contributed by atoms with van der Waals surface area (Å²) in [5.41, 5.74) is -0.166. The lowest BCUT2D eigenvalue weighted by Gasteiger charge is -2.08. The lowest BCUT2D eigenvalue weighted by Crippen LogP contribution is -2.18. The summed E-state index contributed by atoms with van der Waals surface area (Å²) in [6.45, 7) is 0. The van der Waals surface area contributed by atoms with Crippen LogP contribution in [0.5, 0.6) is 0 Å². The number of hydrogen-bond acceptors (Lipinski definition) is 1. The number of nitrogens with one attached hydrogen (secondary N) is 1. The molecule has 0 spiro atoms. The Kier molecular flexibility index (Phi) is 3.93. The predicted molar refractivity (Wildman–Crippen MR) is 53.8 cm³/mol. The molecule has 0 fully saturated rings. The molecular weight excluding hydrogens is 219 g/mol. The van der Waals surface area contributed by atoms with Crippen LogP contribution in [0.2, 0.25) is 0 Å². The van der Waals surface area contributed by atoms with Crippen LogP contribution in [0.25, 0.3) is 0 Å². The minimum Gasteiger partial charge on any atom is -0.359 e. The molecule has 0 aliphatic heterocycles. The second kappa shape index (κ2) is 5.01. The SMILES string of the molecule is CNC(=O)CCc1cccc(C(F)(F)F)c1. The summed E-state index contributed by atoms with van der Waals surface area (Å²) in [6.07, 6.45) is -3.83. The molecule has 88 valence electrons. The number of carbonyl (C=O) groups excluding carboxylic acids is 1. The molecule has 0 atom stereocenters. The van der Waals surface area contributed by atoms with Crippen LogP contribution in [-0.4, -0.2) is 13.0 Å². The molecule has 2 nitrogen and oxygen atoms in total. The highest BCUT2D eigenvalue weighted by atomic mass is 19.4. The minimum atomic E-state index is -4.33. The van der Waals surface area contributed by atoms with Crippen LogP contribution in [0.3, 0.4) is 0 Å². The van der Waals surface area contributed by atoms with E-state index in [4.69, 9.17) is 0 Å². The van der Waals surface area contributed by atoms with Crippen LogP contribution in [0, 0.1) is 0 Å². The molecular formula is C11H12F3NO. The molecule has 0 radical (unpaired) electrons. The van der Waals surface area contributed by atoms with Crippen molar-refractivity contribution in [3.05, 3.63) is 35.4 Å². The van der Waals surface area contributed by atoms with E-state index in [1.54, 1.807) is 6.07 Å². The molecule has 1 rings (SSSR count). The molecule has 0 aliphatic carbocycles. The van der Waals surface area contributed by atoms with Crippen LogP contribution in [0.4, 0.5) is 13.2 Å². The Hall–Kier alpha value is -1.52. The molecule has 16 heavy (non-hydrogen) atoms. The second-order valence-electron chi connectivity index (χ2n) is 3.37. The van der Waals surface area contributed by atoms with Gasteiger partial charge in [-0.15, -0.1) is 0 Å². The van der Waals surface area contributed by atoms with Crippen LogP contribution in [-0.2, 0) is 17.4 Å². The Morgan fingerprint density at radius 2 is 2.06 bits per heavy atom. The Bertz CT molecular complexity index is 374. The highest BCUT2D eigenvalue weighted by Crippen LogP contribution is 2.29. The average molecular weight is 231 g/mol. The van der Waals surface area contributed by atoms with E-state index in [0.717, 1.165) is 12.1 Å². The second-order valence-corrected chi connectivity index (χ2v) is 3.37. The molecule has 0 aromatic heterocycles. The van der Waals surface area contributed by atoms with Gasteiger partial charge in [-0.3, -0.25) is 4.79 Å². The summed E-state index contributed by atoms with van der Waals surface area (Å²) in [6, 6.07) is 5.02. The van der Waals surface area contributed by atoms with E-state index in [0.29, 0.717) is 12.0 Å². The molecule has 1 aromatic carbocycles. The Morgan fingerprint density at radius 3 is 2.62 bits per heavy atom. The van der Waals surface area contributed by atoms with Gasteiger partial charge in [0.2, 0.25) is 5.91 Å². The number of carbonyl (C=O) groups is 1. The van der Waals surface area contributed by atoms with E-state index in [1.165, 1.54) is 13.1 Å². The van der Waals surface area contributed by atoms with Gasteiger partial charge in [0.05, 0.1) is 5.56 Å². The highest BCUT2D eigenvalue weighted by molar-refractivity contribution is 5.75. The topological polar surface area (TPSA) is 29.1 Å². The van der Waals surface area contributed by atoms with Gasteiger partial charge in [-0.25, -0.2) is 0 Å². The zero-order chi connectivity index (χ0) is 12.2. The van der Waals surface area contributed by atoms with Crippen LogP contribution >= 0.6 is 0 Å². The summed E-state index contributed by atoms with van der Waals surface area (Å²) in [4.78, 5) is 10.9. The Morgan fingerprint density at radius 1 is 1.38 bits per heavy atom. The maximum absolute atomic E-state index is 12.4. The fraction of sp³-hybridized carbons (Fsp3) is 0.364. The first-order valence-corrected chi connectivity index (χ1v) is 4.80. The quantitative estimate of drug-likeness (QED) is 0.850. The van der Waals surface area contributed by atoms with Gasteiger partial charge in [-0.1, -0.05) is 18.2 Å². The Balaban J connectivity index is 2.72. The van der Waals surface area contributed by atoms with Crippen molar-refractivity contribution in [1.82, 2.24) is 5.32 Å². The standard InChI is InChI=1S/C11H12F3NO/c1-15-10(16)6-5-8-3-2-4-9(7-8)11(12,13)14/h2-4,7H,5-6H2,1H3,(H,15,16). The molecule has 5 heteroatoms. The predicted octanol–water partition coefficient (Wildman–Crippen LogP) is 2.38. The first-order valence-electron chi connectivity index (χ1n) is 4.80. The fourth-order valence-corrected chi connectivity index (χ4v) is 1.29. The van der Waals surface area contributed by atoms with E-state index in [9.17, 15) is 18.0 Å². The molecule has 0 saturated heterocycles. The van der Waals surface area contributed by atoms with Crippen molar-refractivity contribution < 1.29 is 18.0 Å². The molecule has 1 N–H and O–H groups in total. The first kappa shape index (κ1) is 12.5. The largest absolute Gasteiger partial charge is 0.416 e. The lowest BCUT2D eigenvalue weighted by molar-refractivity contribution is -0.137. The normalized spacial score (nSPS) is 11.2. The molecule has 1 aromatic rings. The van der Waals surface area contributed by atoms with Gasteiger partial charge in [0.25, 0.3) is 0 Å². The van der Waals surface area contributed by atoms with Crippen LogP contribution in [0.1, 0.15) is 17.5 Å². The number of aryl methyl sites for hydroxylation is 1. The molecule has 1 amide bonds. The summed E-state index contributed by atoms with van der Waals surface area (Å²) < 4.78 is 37.1. The third-order valence-electron chi connectivity index (χ3n) is 2.17. The smallest absolute Gasteiger partial charge is 0.359 e. The molecule has 0 aliphatic rings. The van der Waals surface area contributed by atoms with Crippen molar-refractivity contribution in [2.45, 2.75) is 19.0 Å². The number of amides is 1. The number of halogens is 3. The van der Waals surface area contributed by atoms with Gasteiger partial charge in [0, 0.05) is 13.5 Å². The molecule has 0 unspecified atom stereocenters. The van der Waals surface area contributed by atoms with Crippen molar-refractivity contribution in [1.29, 1.82) is 0 Å². The number of hydrogen-bond donors (Lipinski definition) is 1. The molecule has 0 bridgehead atoms. The number of benzene rings is 1. The molecule has 0 heterocycles. The minimum absolute atomic E-state index is 0.183. The third kappa shape index (κ3) is 3.56. The van der Waals surface area contributed by atoms with Crippen molar-refractivity contribution in [2.75, 3.05) is 7.05 Å². The average Bonchev–Trinajstić information content (AvgIpc) is 2.25. The van der Waals surface area contributed by atoms with Crippen molar-refractivity contribution in [3.63, 3.8) is 0 Å². The van der Waals surface area contributed by atoms with Crippen molar-refractivity contribution in [3.8, 4) is 0 Å². The zero-order valence-corrected chi connectivity index (χ0v) is 8.77. The third-order valence-corrected chi connectivity index (χ3v) is 2.17. The zero-order valence-electron chi connectivity index (χ0n) is 8.77. The summed E-state index contributed by atoms with van der Waals surface area (Å²) in [7, 11) is 1.49.